The van der Waals surface area contributed by atoms with Gasteiger partial charge >= 0.3 is 0 Å². The van der Waals surface area contributed by atoms with Crippen molar-refractivity contribution in [2.75, 3.05) is 0 Å². The molecule has 0 bridgehead atoms. The maximum Gasteiger partial charge on any atom is -0.0235 e. The molecule has 4 aromatic carbocycles. The number of hydrogen-bond donors (Lipinski definition) is 0. The Hall–Kier alpha value is -3.12. The third kappa shape index (κ3) is 31.8. The number of hydrogen-bond acceptors (Lipinski definition) is 0. The number of aryl methyl sites for hydroxylation is 8. The molecule has 0 unspecified atom stereocenters. The van der Waals surface area contributed by atoms with Crippen molar-refractivity contribution < 1.29 is 0 Å². The average molecular weight is 789 g/mol. The molecule has 0 N–H and O–H groups in total. The zero-order valence-electron chi connectivity index (χ0n) is 41.1. The van der Waals surface area contributed by atoms with Gasteiger partial charge in [0.1, 0.15) is 0 Å². The standard InChI is InChI=1S/C11H14.C10H12.C9H10.C8H8.4C5H12/c1-2-6-10-8-4-5-9-11(10)7-3-1;1-2-6-10-8-4-3-7-9(10)5-1;1-2-5-9-7-3-6-8(9)4-1;1-2-4-8-6-5-7(8)3-1;4*1-5(2,3)4/h4-5,8-9H,1-3,6-7H2;1-2,5-6H,3-4,7-8H2;1-2,4-5H,3,6-7H2;1-4H,5-6H2;4*1-4H3. The van der Waals surface area contributed by atoms with E-state index >= 15 is 0 Å². The second-order valence-corrected chi connectivity index (χ2v) is 23.2. The predicted octanol–water partition coefficient (Wildman–Crippen LogP) is 17.7. The van der Waals surface area contributed by atoms with E-state index in [1.807, 2.05) is 0 Å². The van der Waals surface area contributed by atoms with E-state index in [1.54, 1.807) is 44.5 Å². The van der Waals surface area contributed by atoms with E-state index in [9.17, 15) is 0 Å². The van der Waals surface area contributed by atoms with Crippen LogP contribution in [-0.2, 0) is 51.4 Å². The molecule has 8 rings (SSSR count). The molecule has 0 radical (unpaired) electrons. The summed E-state index contributed by atoms with van der Waals surface area (Å²) in [6, 6.07) is 35.0. The maximum atomic E-state index is 2.28. The van der Waals surface area contributed by atoms with Crippen LogP contribution in [0.2, 0.25) is 0 Å². The third-order valence-corrected chi connectivity index (χ3v) is 8.56. The second-order valence-electron chi connectivity index (χ2n) is 23.2. The Morgan fingerprint density at radius 1 is 0.207 bits per heavy atom. The van der Waals surface area contributed by atoms with E-state index in [-0.39, 0.29) is 0 Å². The fourth-order valence-electron chi connectivity index (χ4n) is 6.18. The fourth-order valence-corrected chi connectivity index (χ4v) is 6.18. The molecule has 0 heteroatoms. The molecule has 0 atom stereocenters. The molecule has 4 aliphatic carbocycles. The zero-order chi connectivity index (χ0) is 43.8. The van der Waals surface area contributed by atoms with Crippen LogP contribution in [0.15, 0.2) is 97.1 Å². The van der Waals surface area contributed by atoms with Gasteiger partial charge < -0.3 is 0 Å². The molecule has 4 aliphatic rings. The number of fused-ring (bicyclic) bond motifs is 4. The molecule has 0 saturated carbocycles. The Kier molecular flexibility index (Phi) is 24.5. The highest BCUT2D eigenvalue weighted by molar-refractivity contribution is 5.35. The number of benzene rings is 4. The van der Waals surface area contributed by atoms with Crippen LogP contribution >= 0.6 is 0 Å². The number of rotatable bonds is 0. The minimum atomic E-state index is 0.500. The van der Waals surface area contributed by atoms with E-state index in [4.69, 9.17) is 0 Å². The maximum absolute atomic E-state index is 2.28. The van der Waals surface area contributed by atoms with Gasteiger partial charge in [-0.1, -0.05) is 214 Å². The second kappa shape index (κ2) is 26.9. The van der Waals surface area contributed by atoms with E-state index in [1.165, 1.54) is 89.9 Å². The summed E-state index contributed by atoms with van der Waals surface area (Å²) in [6.45, 7) is 35.0. The van der Waals surface area contributed by atoms with Crippen LogP contribution in [0.25, 0.3) is 0 Å². The lowest BCUT2D eigenvalue weighted by molar-refractivity contribution is 0.469. The highest BCUT2D eigenvalue weighted by Gasteiger charge is 2.10. The van der Waals surface area contributed by atoms with E-state index < -0.39 is 0 Å². The molecule has 324 valence electrons. The summed E-state index contributed by atoms with van der Waals surface area (Å²) in [7, 11) is 0. The summed E-state index contributed by atoms with van der Waals surface area (Å²) < 4.78 is 0. The van der Waals surface area contributed by atoms with Gasteiger partial charge in [-0.15, -0.1) is 0 Å². The smallest absolute Gasteiger partial charge is 0.0235 e. The molecule has 0 aliphatic heterocycles. The minimum absolute atomic E-state index is 0.500. The first-order valence-electron chi connectivity index (χ1n) is 23.1. The van der Waals surface area contributed by atoms with Crippen LogP contribution in [-0.4, -0.2) is 0 Å². The lowest BCUT2D eigenvalue weighted by Gasteiger charge is -2.16. The summed E-state index contributed by atoms with van der Waals surface area (Å²) in [5, 5.41) is 0. The van der Waals surface area contributed by atoms with Crippen molar-refractivity contribution in [3.8, 4) is 0 Å². The Morgan fingerprint density at radius 2 is 0.345 bits per heavy atom. The lowest BCUT2D eigenvalue weighted by Crippen LogP contribution is -2.06. The highest BCUT2D eigenvalue weighted by atomic mass is 14.2. The molecule has 0 spiro atoms. The van der Waals surface area contributed by atoms with Gasteiger partial charge in [-0.25, -0.2) is 0 Å². The van der Waals surface area contributed by atoms with Crippen molar-refractivity contribution in [3.63, 3.8) is 0 Å². The van der Waals surface area contributed by atoms with Gasteiger partial charge in [0.25, 0.3) is 0 Å². The van der Waals surface area contributed by atoms with E-state index in [2.05, 4.69) is 208 Å². The molecule has 0 saturated heterocycles. The molecule has 0 aromatic heterocycles. The first-order chi connectivity index (χ1) is 26.9. The average Bonchev–Trinajstić information content (AvgIpc) is 3.44. The molecule has 4 aromatic rings. The summed E-state index contributed by atoms with van der Waals surface area (Å²) in [6.07, 6.45) is 18.7. The Bertz CT molecular complexity index is 1470. The largest absolute Gasteiger partial charge is 0.0620 e. The van der Waals surface area contributed by atoms with E-state index in [0.29, 0.717) is 21.7 Å². The van der Waals surface area contributed by atoms with Crippen molar-refractivity contribution in [2.24, 2.45) is 21.7 Å². The predicted molar refractivity (Wildman–Crippen MR) is 264 cm³/mol. The van der Waals surface area contributed by atoms with Gasteiger partial charge in [-0.05, 0) is 150 Å². The zero-order valence-corrected chi connectivity index (χ0v) is 41.1. The fraction of sp³-hybridized carbons (Fsp3) is 0.586. The van der Waals surface area contributed by atoms with Gasteiger partial charge in [-0.3, -0.25) is 0 Å². The SMILES string of the molecule is CC(C)(C)C.CC(C)(C)C.CC(C)(C)C.CC(C)(C)C.c1ccc2c(c1)CC2.c1ccc2c(c1)CCC2.c1ccc2c(c1)CCCC2.c1ccc2c(c1)CCCCC2. The van der Waals surface area contributed by atoms with Gasteiger partial charge in [-0.2, -0.15) is 0 Å². The summed E-state index contributed by atoms with van der Waals surface area (Å²) in [5.74, 6) is 0. The van der Waals surface area contributed by atoms with Crippen molar-refractivity contribution in [2.45, 2.75) is 201 Å². The molecular formula is C58H92. The first kappa shape index (κ1) is 52.9. The lowest BCUT2D eigenvalue weighted by atomic mass is 9.89. The Balaban J connectivity index is 0.000000339. The molecule has 0 heterocycles. The van der Waals surface area contributed by atoms with Crippen LogP contribution in [0.1, 0.15) is 194 Å². The van der Waals surface area contributed by atoms with Gasteiger partial charge in [0.15, 0.2) is 0 Å². The topological polar surface area (TPSA) is 0 Å². The van der Waals surface area contributed by atoms with Gasteiger partial charge in [0.2, 0.25) is 0 Å². The monoisotopic (exact) mass is 789 g/mol. The molecule has 0 nitrogen and oxygen atoms in total. The van der Waals surface area contributed by atoms with Crippen LogP contribution in [0.4, 0.5) is 0 Å². The summed E-state index contributed by atoms with van der Waals surface area (Å²) >= 11 is 0. The molecule has 58 heavy (non-hydrogen) atoms. The van der Waals surface area contributed by atoms with Crippen molar-refractivity contribution >= 4 is 0 Å². The van der Waals surface area contributed by atoms with Gasteiger partial charge in [0, 0.05) is 0 Å². The van der Waals surface area contributed by atoms with E-state index in [0.717, 1.165) is 0 Å². The molecule has 0 fully saturated rings. The van der Waals surface area contributed by atoms with Crippen LogP contribution in [0.3, 0.4) is 0 Å². The van der Waals surface area contributed by atoms with Crippen molar-refractivity contribution in [1.82, 2.24) is 0 Å². The summed E-state index contributed by atoms with van der Waals surface area (Å²) in [4.78, 5) is 0. The minimum Gasteiger partial charge on any atom is -0.0620 e. The summed E-state index contributed by atoms with van der Waals surface area (Å²) in [5.41, 5.74) is 14.6. The highest BCUT2D eigenvalue weighted by Crippen LogP contribution is 2.23. The third-order valence-electron chi connectivity index (χ3n) is 8.56. The van der Waals surface area contributed by atoms with Crippen LogP contribution in [0.5, 0.6) is 0 Å². The van der Waals surface area contributed by atoms with Crippen molar-refractivity contribution in [3.05, 3.63) is 142 Å². The quantitative estimate of drug-likeness (QED) is 0.156. The Labute approximate surface area is 362 Å². The van der Waals surface area contributed by atoms with Crippen molar-refractivity contribution in [1.29, 1.82) is 0 Å². The van der Waals surface area contributed by atoms with Crippen LogP contribution < -0.4 is 0 Å². The Morgan fingerprint density at radius 3 is 0.500 bits per heavy atom. The first-order valence-corrected chi connectivity index (χ1v) is 23.1. The normalized spacial score (nSPS) is 14.6. The molecular weight excluding hydrogens is 697 g/mol. The molecule has 0 amide bonds. The van der Waals surface area contributed by atoms with Crippen LogP contribution in [0, 0.1) is 21.7 Å². The van der Waals surface area contributed by atoms with Gasteiger partial charge in [0.05, 0.1) is 0 Å².